The molecule has 7 nitrogen and oxygen atoms in total. The number of nitrogens with zero attached hydrogens (tertiary/aromatic N) is 2. The number of alkyl halides is 1. The molecule has 0 aliphatic carbocycles. The zero-order chi connectivity index (χ0) is 15.3. The highest BCUT2D eigenvalue weighted by Crippen LogP contribution is 2.29. The lowest BCUT2D eigenvalue weighted by Crippen LogP contribution is -2.53. The number of nitrogen functional groups attached to an aromatic ring is 1. The average molecular weight is 324 g/mol. The summed E-state index contributed by atoms with van der Waals surface area (Å²) in [5.41, 5.74) is 2.29. The standard InChI is InChI=1S/C11H18ClN3O4S/c1-19-11(5-16,6-20-2)8(17)9(12)15-4-3-7(13)14-10(15)18/h3-4,8-9,16-17H,5-6H2,1-2H3,(H2,13,14,18)/t8-,9-,11-/m0/s1. The molecule has 1 aromatic heterocycles. The monoisotopic (exact) mass is 323 g/mol. The summed E-state index contributed by atoms with van der Waals surface area (Å²) in [5.74, 6) is 0.371. The van der Waals surface area contributed by atoms with E-state index in [0.29, 0.717) is 5.75 Å². The van der Waals surface area contributed by atoms with Crippen molar-refractivity contribution in [3.8, 4) is 0 Å². The normalized spacial score (nSPS) is 17.4. The Balaban J connectivity index is 3.10. The largest absolute Gasteiger partial charge is 0.393 e. The summed E-state index contributed by atoms with van der Waals surface area (Å²) in [6.45, 7) is -0.439. The van der Waals surface area contributed by atoms with E-state index in [1.807, 2.05) is 0 Å². The summed E-state index contributed by atoms with van der Waals surface area (Å²) in [6, 6.07) is 1.39. The van der Waals surface area contributed by atoms with Crippen LogP contribution in [0, 0.1) is 0 Å². The number of aliphatic hydroxyl groups is 2. The fraction of sp³-hybridized carbons (Fsp3) is 0.636. The number of ether oxygens (including phenoxy) is 1. The van der Waals surface area contributed by atoms with Gasteiger partial charge in [-0.1, -0.05) is 11.6 Å². The average Bonchev–Trinajstić information content (AvgIpc) is 2.43. The summed E-state index contributed by atoms with van der Waals surface area (Å²) in [7, 11) is 1.36. The second-order valence-electron chi connectivity index (χ2n) is 4.22. The maximum Gasteiger partial charge on any atom is 0.350 e. The Morgan fingerprint density at radius 2 is 2.35 bits per heavy atom. The number of anilines is 1. The molecule has 4 N–H and O–H groups in total. The van der Waals surface area contributed by atoms with Crippen LogP contribution in [0.15, 0.2) is 17.1 Å². The molecule has 0 amide bonds. The molecule has 0 unspecified atom stereocenters. The van der Waals surface area contributed by atoms with Crippen molar-refractivity contribution in [1.29, 1.82) is 0 Å². The molecule has 1 heterocycles. The predicted octanol–water partition coefficient (Wildman–Crippen LogP) is -0.336. The van der Waals surface area contributed by atoms with E-state index in [9.17, 15) is 15.0 Å². The van der Waals surface area contributed by atoms with E-state index in [1.54, 1.807) is 6.26 Å². The number of rotatable bonds is 7. The molecular formula is C11H18ClN3O4S. The third kappa shape index (κ3) is 3.44. The van der Waals surface area contributed by atoms with Gasteiger partial charge in [0.1, 0.15) is 23.0 Å². The van der Waals surface area contributed by atoms with Crippen LogP contribution in [-0.2, 0) is 4.74 Å². The van der Waals surface area contributed by atoms with Gasteiger partial charge in [-0.2, -0.15) is 16.7 Å². The Hall–Kier alpha value is -0.800. The van der Waals surface area contributed by atoms with Crippen LogP contribution < -0.4 is 11.4 Å². The number of nitrogens with two attached hydrogens (primary N) is 1. The molecule has 0 radical (unpaired) electrons. The Morgan fingerprint density at radius 1 is 1.70 bits per heavy atom. The van der Waals surface area contributed by atoms with Gasteiger partial charge in [-0.05, 0) is 12.3 Å². The molecule has 114 valence electrons. The van der Waals surface area contributed by atoms with Crippen molar-refractivity contribution in [3.05, 3.63) is 22.7 Å². The van der Waals surface area contributed by atoms with E-state index in [0.717, 1.165) is 4.57 Å². The van der Waals surface area contributed by atoms with Gasteiger partial charge in [0, 0.05) is 19.1 Å². The Labute approximate surface area is 125 Å². The predicted molar refractivity (Wildman–Crippen MR) is 79.0 cm³/mol. The van der Waals surface area contributed by atoms with Crippen molar-refractivity contribution in [3.63, 3.8) is 0 Å². The summed E-state index contributed by atoms with van der Waals surface area (Å²) >= 11 is 7.50. The van der Waals surface area contributed by atoms with Crippen molar-refractivity contribution in [2.75, 3.05) is 31.5 Å². The smallest absolute Gasteiger partial charge is 0.350 e. The molecule has 0 spiro atoms. The van der Waals surface area contributed by atoms with E-state index < -0.39 is 29.5 Å². The van der Waals surface area contributed by atoms with Crippen LogP contribution in [0.5, 0.6) is 0 Å². The molecule has 0 aliphatic heterocycles. The van der Waals surface area contributed by atoms with Crippen LogP contribution in [0.4, 0.5) is 5.82 Å². The van der Waals surface area contributed by atoms with Crippen LogP contribution in [0.1, 0.15) is 5.50 Å². The number of hydrogen-bond donors (Lipinski definition) is 3. The number of thioether (sulfide) groups is 1. The van der Waals surface area contributed by atoms with E-state index in [1.165, 1.54) is 31.1 Å². The van der Waals surface area contributed by atoms with Crippen LogP contribution >= 0.6 is 23.4 Å². The van der Waals surface area contributed by atoms with Gasteiger partial charge in [0.05, 0.1) is 6.61 Å². The van der Waals surface area contributed by atoms with Crippen molar-refractivity contribution in [2.45, 2.75) is 17.2 Å². The van der Waals surface area contributed by atoms with Gasteiger partial charge in [-0.25, -0.2) is 4.79 Å². The minimum atomic E-state index is -1.31. The van der Waals surface area contributed by atoms with E-state index in [2.05, 4.69) is 4.98 Å². The van der Waals surface area contributed by atoms with Crippen molar-refractivity contribution in [2.24, 2.45) is 0 Å². The highest BCUT2D eigenvalue weighted by atomic mass is 35.5. The fourth-order valence-corrected chi connectivity index (χ4v) is 2.98. The van der Waals surface area contributed by atoms with Crippen molar-refractivity contribution < 1.29 is 14.9 Å². The molecule has 0 saturated carbocycles. The van der Waals surface area contributed by atoms with E-state index in [4.69, 9.17) is 22.1 Å². The third-order valence-corrected chi connectivity index (χ3v) is 4.21. The summed E-state index contributed by atoms with van der Waals surface area (Å²) < 4.78 is 6.26. The molecule has 0 bridgehead atoms. The van der Waals surface area contributed by atoms with Gasteiger partial charge in [-0.3, -0.25) is 4.57 Å². The zero-order valence-corrected chi connectivity index (χ0v) is 12.8. The molecule has 0 saturated heterocycles. The second-order valence-corrected chi connectivity index (χ2v) is 5.53. The molecule has 1 aromatic rings. The maximum atomic E-state index is 11.7. The highest BCUT2D eigenvalue weighted by Gasteiger charge is 2.42. The molecular weight excluding hydrogens is 306 g/mol. The van der Waals surface area contributed by atoms with Gasteiger partial charge in [0.2, 0.25) is 0 Å². The summed E-state index contributed by atoms with van der Waals surface area (Å²) in [6.07, 6.45) is 1.83. The molecule has 1 rings (SSSR count). The second kappa shape index (κ2) is 7.28. The number of methoxy groups -OCH3 is 1. The maximum absolute atomic E-state index is 11.7. The Kier molecular flexibility index (Phi) is 6.28. The number of aliphatic hydroxyl groups excluding tert-OH is 2. The lowest BCUT2D eigenvalue weighted by Gasteiger charge is -2.37. The Bertz CT molecular complexity index is 495. The molecule has 0 aromatic carbocycles. The minimum Gasteiger partial charge on any atom is -0.393 e. The van der Waals surface area contributed by atoms with Crippen LogP contribution in [0.2, 0.25) is 0 Å². The van der Waals surface area contributed by atoms with Crippen LogP contribution in [-0.4, -0.2) is 57.2 Å². The first-order chi connectivity index (χ1) is 9.41. The van der Waals surface area contributed by atoms with Gasteiger partial charge in [-0.15, -0.1) is 0 Å². The number of aromatic nitrogens is 2. The first-order valence-electron chi connectivity index (χ1n) is 5.73. The molecule has 3 atom stereocenters. The van der Waals surface area contributed by atoms with Gasteiger partial charge < -0.3 is 20.7 Å². The van der Waals surface area contributed by atoms with Gasteiger partial charge >= 0.3 is 5.69 Å². The lowest BCUT2D eigenvalue weighted by molar-refractivity contribution is -0.120. The zero-order valence-electron chi connectivity index (χ0n) is 11.2. The van der Waals surface area contributed by atoms with Crippen LogP contribution in [0.3, 0.4) is 0 Å². The summed E-state index contributed by atoms with van der Waals surface area (Å²) in [4.78, 5) is 15.3. The summed E-state index contributed by atoms with van der Waals surface area (Å²) in [5, 5.41) is 19.9. The van der Waals surface area contributed by atoms with Crippen molar-refractivity contribution >= 4 is 29.2 Å². The molecule has 9 heteroatoms. The molecule has 0 aliphatic rings. The first-order valence-corrected chi connectivity index (χ1v) is 7.56. The quantitative estimate of drug-likeness (QED) is 0.589. The van der Waals surface area contributed by atoms with E-state index in [-0.39, 0.29) is 5.82 Å². The number of halogens is 1. The van der Waals surface area contributed by atoms with Crippen molar-refractivity contribution in [1.82, 2.24) is 9.55 Å². The topological polar surface area (TPSA) is 111 Å². The number of hydrogen-bond acceptors (Lipinski definition) is 7. The van der Waals surface area contributed by atoms with Gasteiger partial charge in [0.25, 0.3) is 0 Å². The Morgan fingerprint density at radius 3 is 2.80 bits per heavy atom. The first kappa shape index (κ1) is 17.3. The highest BCUT2D eigenvalue weighted by molar-refractivity contribution is 7.98. The minimum absolute atomic E-state index is 0.0638. The van der Waals surface area contributed by atoms with Crippen LogP contribution in [0.25, 0.3) is 0 Å². The molecule has 20 heavy (non-hydrogen) atoms. The van der Waals surface area contributed by atoms with Gasteiger partial charge in [0.15, 0.2) is 0 Å². The fourth-order valence-electron chi connectivity index (χ4n) is 1.73. The third-order valence-electron chi connectivity index (χ3n) is 2.98. The van der Waals surface area contributed by atoms with E-state index >= 15 is 0 Å². The SMILES string of the molecule is CO[C@@](CO)(CSC)[C@@H](O)[C@@H](Cl)n1ccc(N)nc1=O. The lowest BCUT2D eigenvalue weighted by atomic mass is 9.99. The molecule has 0 fully saturated rings.